The minimum atomic E-state index is 1.04. The van der Waals surface area contributed by atoms with Gasteiger partial charge in [0.2, 0.25) is 0 Å². The fourth-order valence-electron chi connectivity index (χ4n) is 4.88. The highest BCUT2D eigenvalue weighted by Gasteiger charge is 2.29. The van der Waals surface area contributed by atoms with Gasteiger partial charge >= 0.3 is 0 Å². The summed E-state index contributed by atoms with van der Waals surface area (Å²) in [6, 6.07) is 26.0. The molecule has 5 rings (SSSR count). The predicted octanol–water partition coefficient (Wildman–Crippen LogP) is 6.42. The minimum Gasteiger partial charge on any atom is -0.261 e. The predicted molar refractivity (Wildman–Crippen MR) is 132 cm³/mol. The zero-order chi connectivity index (χ0) is 22.4. The second-order valence-electron chi connectivity index (χ2n) is 8.67. The van der Waals surface area contributed by atoms with E-state index >= 15 is 0 Å². The molecular formula is C29H28N3+. The van der Waals surface area contributed by atoms with Crippen LogP contribution in [0.2, 0.25) is 0 Å². The Bertz CT molecular complexity index is 1440. The number of nitrogens with zero attached hydrogens (tertiary/aromatic N) is 3. The molecule has 5 aromatic rings. The van der Waals surface area contributed by atoms with Crippen molar-refractivity contribution < 1.29 is 4.57 Å². The van der Waals surface area contributed by atoms with Crippen LogP contribution in [0.5, 0.6) is 0 Å². The average Bonchev–Trinajstić information content (AvgIpc) is 3.06. The van der Waals surface area contributed by atoms with Crippen molar-refractivity contribution >= 4 is 11.0 Å². The van der Waals surface area contributed by atoms with Crippen molar-refractivity contribution in [2.75, 3.05) is 0 Å². The number of pyridine rings is 1. The molecule has 0 N–H and O–H groups in total. The minimum absolute atomic E-state index is 1.04. The summed E-state index contributed by atoms with van der Waals surface area (Å²) in [5.74, 6) is 1.15. The Morgan fingerprint density at radius 2 is 1.38 bits per heavy atom. The molecule has 0 saturated heterocycles. The Morgan fingerprint density at radius 1 is 0.719 bits per heavy atom. The summed E-state index contributed by atoms with van der Waals surface area (Å²) in [6.45, 7) is 8.65. The Labute approximate surface area is 189 Å². The van der Waals surface area contributed by atoms with E-state index < -0.39 is 0 Å². The third-order valence-corrected chi connectivity index (χ3v) is 6.32. The number of fused-ring (bicyclic) bond motifs is 1. The van der Waals surface area contributed by atoms with Gasteiger partial charge in [-0.15, -0.1) is 0 Å². The van der Waals surface area contributed by atoms with Crippen LogP contribution in [0.15, 0.2) is 79.0 Å². The Morgan fingerprint density at radius 3 is 2.06 bits per heavy atom. The lowest BCUT2D eigenvalue weighted by atomic mass is 9.98. The molecule has 0 aliphatic heterocycles. The van der Waals surface area contributed by atoms with E-state index in [4.69, 9.17) is 0 Å². The fourth-order valence-corrected chi connectivity index (χ4v) is 4.88. The summed E-state index contributed by atoms with van der Waals surface area (Å²) < 4.78 is 4.70. The van der Waals surface area contributed by atoms with Crippen molar-refractivity contribution in [1.29, 1.82) is 0 Å². The highest BCUT2D eigenvalue weighted by atomic mass is 15.2. The third-order valence-electron chi connectivity index (χ3n) is 6.32. The largest absolute Gasteiger partial charge is 0.296 e. The molecule has 3 heteroatoms. The first-order valence-electron chi connectivity index (χ1n) is 11.1. The number of hydrogen-bond acceptors (Lipinski definition) is 1. The molecule has 2 heterocycles. The average molecular weight is 419 g/mol. The number of hydrogen-bond donors (Lipinski definition) is 0. The van der Waals surface area contributed by atoms with Crippen LogP contribution in [0, 0.1) is 27.7 Å². The van der Waals surface area contributed by atoms with Crippen LogP contribution in [-0.4, -0.2) is 9.55 Å². The van der Waals surface area contributed by atoms with Gasteiger partial charge in [-0.1, -0.05) is 42.5 Å². The molecule has 0 bridgehead atoms. The summed E-state index contributed by atoms with van der Waals surface area (Å²) in [5, 5.41) is 0. The van der Waals surface area contributed by atoms with Crippen molar-refractivity contribution in [3.8, 4) is 28.2 Å². The number of aryl methyl sites for hydroxylation is 5. The van der Waals surface area contributed by atoms with Crippen molar-refractivity contribution in [2.24, 2.45) is 7.05 Å². The van der Waals surface area contributed by atoms with Gasteiger partial charge in [-0.2, -0.15) is 4.57 Å². The van der Waals surface area contributed by atoms with E-state index in [0.29, 0.717) is 0 Å². The van der Waals surface area contributed by atoms with E-state index in [1.165, 1.54) is 44.5 Å². The second-order valence-corrected chi connectivity index (χ2v) is 8.67. The highest BCUT2D eigenvalue weighted by Crippen LogP contribution is 2.34. The van der Waals surface area contributed by atoms with Crippen LogP contribution in [0.1, 0.15) is 22.4 Å². The Kier molecular flexibility index (Phi) is 4.90. The molecule has 3 nitrogen and oxygen atoms in total. The molecule has 0 aliphatic rings. The van der Waals surface area contributed by atoms with Gasteiger partial charge < -0.3 is 0 Å². The summed E-state index contributed by atoms with van der Waals surface area (Å²) >= 11 is 0. The van der Waals surface area contributed by atoms with Crippen molar-refractivity contribution in [1.82, 2.24) is 9.55 Å². The summed E-state index contributed by atoms with van der Waals surface area (Å²) in [6.07, 6.45) is 2.01. The maximum absolute atomic E-state index is 4.63. The summed E-state index contributed by atoms with van der Waals surface area (Å²) in [5.41, 5.74) is 12.1. The van der Waals surface area contributed by atoms with E-state index in [1.807, 2.05) is 13.1 Å². The lowest BCUT2D eigenvalue weighted by molar-refractivity contribution is -0.633. The number of aromatic nitrogens is 3. The molecule has 2 aromatic heterocycles. The molecule has 32 heavy (non-hydrogen) atoms. The van der Waals surface area contributed by atoms with Crippen LogP contribution in [0.4, 0.5) is 0 Å². The Balaban J connectivity index is 1.84. The van der Waals surface area contributed by atoms with Gasteiger partial charge in [-0.3, -0.25) is 4.98 Å². The van der Waals surface area contributed by atoms with Gasteiger partial charge in [0.1, 0.15) is 5.69 Å². The van der Waals surface area contributed by atoms with Crippen LogP contribution in [0.25, 0.3) is 39.2 Å². The molecule has 0 radical (unpaired) electrons. The molecule has 3 aromatic carbocycles. The molecule has 0 amide bonds. The van der Waals surface area contributed by atoms with E-state index in [0.717, 1.165) is 17.1 Å². The second kappa shape index (κ2) is 7.76. The van der Waals surface area contributed by atoms with Gasteiger partial charge in [0.25, 0.3) is 5.82 Å². The van der Waals surface area contributed by atoms with Crippen molar-refractivity contribution in [3.63, 3.8) is 0 Å². The topological polar surface area (TPSA) is 21.7 Å². The maximum Gasteiger partial charge on any atom is 0.296 e. The van der Waals surface area contributed by atoms with Crippen LogP contribution in [0.3, 0.4) is 0 Å². The standard InChI is InChI=1S/C29H28N3/c1-19-15-22(4)30-18-25(19)29-31(5)26-13-9-10-14-27(26)32(29)28-20(2)16-24(17-21(28)3)23-11-7-6-8-12-23/h6-18H,1-5H3/q+1. The first kappa shape index (κ1) is 20.2. The number of imidazole rings is 1. The quantitative estimate of drug-likeness (QED) is 0.310. The normalized spacial score (nSPS) is 11.3. The Hall–Kier alpha value is -3.72. The van der Waals surface area contributed by atoms with Gasteiger partial charge in [-0.05, 0) is 85.8 Å². The number of benzene rings is 3. The molecule has 0 aliphatic carbocycles. The first-order valence-corrected chi connectivity index (χ1v) is 11.1. The van der Waals surface area contributed by atoms with Crippen LogP contribution < -0.4 is 4.57 Å². The maximum atomic E-state index is 4.63. The molecule has 0 fully saturated rings. The summed E-state index contributed by atoms with van der Waals surface area (Å²) in [4.78, 5) is 4.63. The molecule has 0 unspecified atom stereocenters. The first-order chi connectivity index (χ1) is 15.5. The summed E-state index contributed by atoms with van der Waals surface area (Å²) in [7, 11) is 2.15. The molecular weight excluding hydrogens is 390 g/mol. The van der Waals surface area contributed by atoms with E-state index in [-0.39, 0.29) is 0 Å². The highest BCUT2D eigenvalue weighted by molar-refractivity contribution is 5.81. The molecule has 0 spiro atoms. The fraction of sp³-hybridized carbons (Fsp3) is 0.172. The molecule has 158 valence electrons. The lowest BCUT2D eigenvalue weighted by Crippen LogP contribution is -2.30. The van der Waals surface area contributed by atoms with Crippen LogP contribution in [-0.2, 0) is 7.05 Å². The van der Waals surface area contributed by atoms with Gasteiger partial charge in [0.15, 0.2) is 11.0 Å². The van der Waals surface area contributed by atoms with Crippen molar-refractivity contribution in [3.05, 3.63) is 101 Å². The van der Waals surface area contributed by atoms with E-state index in [2.05, 4.69) is 115 Å². The van der Waals surface area contributed by atoms with Gasteiger partial charge in [0, 0.05) is 11.9 Å². The van der Waals surface area contributed by atoms with E-state index in [9.17, 15) is 0 Å². The van der Waals surface area contributed by atoms with Crippen LogP contribution >= 0.6 is 0 Å². The van der Waals surface area contributed by atoms with E-state index in [1.54, 1.807) is 0 Å². The molecule has 0 saturated carbocycles. The van der Waals surface area contributed by atoms with Crippen molar-refractivity contribution in [2.45, 2.75) is 27.7 Å². The zero-order valence-corrected chi connectivity index (χ0v) is 19.3. The number of para-hydroxylation sites is 2. The SMILES string of the molecule is Cc1cc(C)c(-c2n(-c3c(C)cc(-c4ccccc4)cc3C)c3ccccc3[n+]2C)cn1. The van der Waals surface area contributed by atoms with Gasteiger partial charge in [-0.25, -0.2) is 4.57 Å². The van der Waals surface area contributed by atoms with Gasteiger partial charge in [0.05, 0.1) is 12.6 Å². The molecule has 0 atom stereocenters. The monoisotopic (exact) mass is 418 g/mol. The third kappa shape index (κ3) is 3.21. The lowest BCUT2D eigenvalue weighted by Gasteiger charge is -2.13. The smallest absolute Gasteiger partial charge is 0.261 e. The number of rotatable bonds is 3. The zero-order valence-electron chi connectivity index (χ0n) is 19.3.